The summed E-state index contributed by atoms with van der Waals surface area (Å²) in [5.74, 6) is 0.230. The van der Waals surface area contributed by atoms with Gasteiger partial charge in [-0.25, -0.2) is 4.79 Å². The van der Waals surface area contributed by atoms with E-state index in [2.05, 4.69) is 11.6 Å². The van der Waals surface area contributed by atoms with E-state index in [0.29, 0.717) is 23.5 Å². The summed E-state index contributed by atoms with van der Waals surface area (Å²) in [6, 6.07) is 12.3. The minimum Gasteiger partial charge on any atom is -0.493 e. The van der Waals surface area contributed by atoms with Crippen molar-refractivity contribution in [3.8, 4) is 11.5 Å². The van der Waals surface area contributed by atoms with E-state index >= 15 is 0 Å². The number of anilines is 2. The van der Waals surface area contributed by atoms with Crippen molar-refractivity contribution in [1.29, 1.82) is 0 Å². The number of aromatic nitrogens is 2. The zero-order valence-electron chi connectivity index (χ0n) is 18.8. The zero-order chi connectivity index (χ0) is 24.1. The molecule has 9 heteroatoms. The first kappa shape index (κ1) is 23.4. The minimum atomic E-state index is -0.760. The number of rotatable bonds is 8. The molecule has 0 saturated carbocycles. The fraction of sp³-hybridized carbons (Fsp3) is 0.208. The van der Waals surface area contributed by atoms with Crippen LogP contribution in [0.4, 0.5) is 11.5 Å². The minimum absolute atomic E-state index is 0.116. The molecule has 1 heterocycles. The van der Waals surface area contributed by atoms with E-state index < -0.39 is 17.2 Å². The summed E-state index contributed by atoms with van der Waals surface area (Å²) in [7, 11) is 4.40. The largest absolute Gasteiger partial charge is 0.493 e. The normalized spacial score (nSPS) is 10.5. The summed E-state index contributed by atoms with van der Waals surface area (Å²) in [6.07, 6.45) is 2.12. The first-order valence-electron chi connectivity index (χ1n) is 10.1. The molecule has 2 aromatic carbocycles. The van der Waals surface area contributed by atoms with Crippen LogP contribution in [0, 0.1) is 0 Å². The molecule has 1 aromatic heterocycles. The van der Waals surface area contributed by atoms with Crippen LogP contribution in [-0.4, -0.2) is 36.7 Å². The van der Waals surface area contributed by atoms with Gasteiger partial charge in [-0.05, 0) is 24.1 Å². The van der Waals surface area contributed by atoms with Gasteiger partial charge in [-0.3, -0.25) is 19.1 Å². The fourth-order valence-electron chi connectivity index (χ4n) is 3.59. The molecule has 0 fully saturated rings. The number of ether oxygens (including phenoxy) is 2. The van der Waals surface area contributed by atoms with Crippen molar-refractivity contribution >= 4 is 17.4 Å². The molecule has 0 aliphatic rings. The number of carbonyl (C=O) groups excluding carboxylic acids is 1. The van der Waals surface area contributed by atoms with Gasteiger partial charge in [0.1, 0.15) is 5.82 Å². The number of nitrogen functional groups attached to an aromatic ring is 1. The van der Waals surface area contributed by atoms with Crippen molar-refractivity contribution in [3.05, 3.63) is 92.6 Å². The second kappa shape index (κ2) is 9.90. The van der Waals surface area contributed by atoms with Gasteiger partial charge in [-0.1, -0.05) is 36.4 Å². The smallest absolute Gasteiger partial charge is 0.330 e. The Morgan fingerprint density at radius 1 is 1.18 bits per heavy atom. The van der Waals surface area contributed by atoms with Gasteiger partial charge in [0.05, 0.1) is 20.8 Å². The third kappa shape index (κ3) is 4.67. The van der Waals surface area contributed by atoms with Crippen LogP contribution >= 0.6 is 0 Å². The number of hydrogen-bond donors (Lipinski definition) is 2. The fourth-order valence-corrected chi connectivity index (χ4v) is 3.59. The molecule has 9 nitrogen and oxygen atoms in total. The van der Waals surface area contributed by atoms with Gasteiger partial charge >= 0.3 is 5.69 Å². The Morgan fingerprint density at radius 2 is 1.88 bits per heavy atom. The van der Waals surface area contributed by atoms with Gasteiger partial charge in [-0.2, -0.15) is 0 Å². The standard InChI is InChI=1S/C24H26N4O5/c1-5-9-16-12-17(13-18(32-3)20(16)33-4)23(30)27(2)19-21(25)28(24(31)26-22(19)29)14-15-10-7-6-8-11-15/h5-8,10-13H,1,9,14,25H2,2-4H3,(H,26,29,31). The van der Waals surface area contributed by atoms with Gasteiger partial charge in [0.15, 0.2) is 17.2 Å². The summed E-state index contributed by atoms with van der Waals surface area (Å²) in [5.41, 5.74) is 6.43. The number of nitrogens with one attached hydrogen (secondary N) is 1. The maximum absolute atomic E-state index is 13.3. The van der Waals surface area contributed by atoms with Crippen molar-refractivity contribution < 1.29 is 14.3 Å². The zero-order valence-corrected chi connectivity index (χ0v) is 18.8. The molecular weight excluding hydrogens is 424 g/mol. The molecule has 0 radical (unpaired) electrons. The van der Waals surface area contributed by atoms with Crippen molar-refractivity contribution in [2.75, 3.05) is 31.9 Å². The van der Waals surface area contributed by atoms with E-state index in [9.17, 15) is 14.4 Å². The Labute approximate surface area is 190 Å². The quantitative estimate of drug-likeness (QED) is 0.508. The highest BCUT2D eigenvalue weighted by Gasteiger charge is 2.24. The van der Waals surface area contributed by atoms with Crippen molar-refractivity contribution in [2.45, 2.75) is 13.0 Å². The van der Waals surface area contributed by atoms with Crippen LogP contribution in [0.25, 0.3) is 0 Å². The van der Waals surface area contributed by atoms with Gasteiger partial charge in [0.25, 0.3) is 11.5 Å². The number of nitrogens with zero attached hydrogens (tertiary/aromatic N) is 2. The Morgan fingerprint density at radius 3 is 2.48 bits per heavy atom. The number of amides is 1. The summed E-state index contributed by atoms with van der Waals surface area (Å²) in [5, 5.41) is 0. The first-order valence-corrected chi connectivity index (χ1v) is 10.1. The molecule has 3 aromatic rings. The molecule has 33 heavy (non-hydrogen) atoms. The van der Waals surface area contributed by atoms with E-state index in [0.717, 1.165) is 10.5 Å². The van der Waals surface area contributed by atoms with Crippen LogP contribution < -0.4 is 31.4 Å². The number of aromatic amines is 1. The van der Waals surface area contributed by atoms with Crippen LogP contribution in [-0.2, 0) is 13.0 Å². The second-order valence-corrected chi connectivity index (χ2v) is 7.29. The number of nitrogens with two attached hydrogens (primary N) is 1. The maximum Gasteiger partial charge on any atom is 0.330 e. The molecule has 0 saturated heterocycles. The molecule has 3 rings (SSSR count). The molecule has 0 atom stereocenters. The molecule has 0 aliphatic carbocycles. The number of allylic oxidation sites excluding steroid dienone is 1. The van der Waals surface area contributed by atoms with Crippen LogP contribution in [0.5, 0.6) is 11.5 Å². The predicted molar refractivity (Wildman–Crippen MR) is 127 cm³/mol. The molecule has 172 valence electrons. The molecule has 0 unspecified atom stereocenters. The van der Waals surface area contributed by atoms with Gasteiger partial charge < -0.3 is 20.1 Å². The lowest BCUT2D eigenvalue weighted by Crippen LogP contribution is -2.39. The SMILES string of the molecule is C=CCc1cc(C(=O)N(C)c2c(N)n(Cc3ccccc3)c(=O)[nH]c2=O)cc(OC)c1OC. The Balaban J connectivity index is 2.07. The molecule has 0 spiro atoms. The van der Waals surface area contributed by atoms with Gasteiger partial charge in [0, 0.05) is 18.2 Å². The number of benzene rings is 2. The average molecular weight is 450 g/mol. The van der Waals surface area contributed by atoms with E-state index in [4.69, 9.17) is 15.2 Å². The highest BCUT2D eigenvalue weighted by molar-refractivity contribution is 6.07. The van der Waals surface area contributed by atoms with Crippen LogP contribution in [0.2, 0.25) is 0 Å². The highest BCUT2D eigenvalue weighted by atomic mass is 16.5. The first-order chi connectivity index (χ1) is 15.8. The topological polar surface area (TPSA) is 120 Å². The van der Waals surface area contributed by atoms with Crippen LogP contribution in [0.15, 0.2) is 64.7 Å². The van der Waals surface area contributed by atoms with E-state index in [1.54, 1.807) is 12.1 Å². The van der Waals surface area contributed by atoms with Crippen molar-refractivity contribution in [1.82, 2.24) is 9.55 Å². The lowest BCUT2D eigenvalue weighted by molar-refractivity contribution is 0.0992. The van der Waals surface area contributed by atoms with E-state index in [-0.39, 0.29) is 23.6 Å². The van der Waals surface area contributed by atoms with Crippen molar-refractivity contribution in [2.24, 2.45) is 0 Å². The lowest BCUT2D eigenvalue weighted by Gasteiger charge is -2.21. The molecule has 1 amide bonds. The van der Waals surface area contributed by atoms with Gasteiger partial charge in [-0.15, -0.1) is 6.58 Å². The highest BCUT2D eigenvalue weighted by Crippen LogP contribution is 2.34. The van der Waals surface area contributed by atoms with E-state index in [1.165, 1.54) is 31.9 Å². The maximum atomic E-state index is 13.3. The Kier molecular flexibility index (Phi) is 7.02. The summed E-state index contributed by atoms with van der Waals surface area (Å²) in [4.78, 5) is 41.8. The van der Waals surface area contributed by atoms with Gasteiger partial charge in [0.2, 0.25) is 0 Å². The Hall–Kier alpha value is -4.27. The predicted octanol–water partition coefficient (Wildman–Crippen LogP) is 2.19. The number of carbonyl (C=O) groups is 1. The second-order valence-electron chi connectivity index (χ2n) is 7.29. The van der Waals surface area contributed by atoms with Crippen molar-refractivity contribution in [3.63, 3.8) is 0 Å². The molecule has 0 bridgehead atoms. The number of hydrogen-bond acceptors (Lipinski definition) is 6. The summed E-state index contributed by atoms with van der Waals surface area (Å²) < 4.78 is 12.0. The van der Waals surface area contributed by atoms with Crippen LogP contribution in [0.3, 0.4) is 0 Å². The van der Waals surface area contributed by atoms with E-state index in [1.807, 2.05) is 30.3 Å². The molecular formula is C24H26N4O5. The monoisotopic (exact) mass is 450 g/mol. The van der Waals surface area contributed by atoms with Crippen LogP contribution in [0.1, 0.15) is 21.5 Å². The average Bonchev–Trinajstić information content (AvgIpc) is 2.81. The third-order valence-corrected chi connectivity index (χ3v) is 5.20. The lowest BCUT2D eigenvalue weighted by atomic mass is 10.0. The summed E-state index contributed by atoms with van der Waals surface area (Å²) in [6.45, 7) is 3.87. The Bertz CT molecular complexity index is 1290. The molecule has 3 N–H and O–H groups in total. The molecule has 0 aliphatic heterocycles. The summed E-state index contributed by atoms with van der Waals surface area (Å²) >= 11 is 0. The number of H-pyrrole nitrogens is 1. The number of methoxy groups -OCH3 is 2. The third-order valence-electron chi connectivity index (χ3n) is 5.20.